The molecule has 4 nitrogen and oxygen atoms in total. The number of nitrogens with two attached hydrogens (primary N) is 1. The van der Waals surface area contributed by atoms with Crippen LogP contribution in [0.2, 0.25) is 0 Å². The zero-order chi connectivity index (χ0) is 9.84. The van der Waals surface area contributed by atoms with Crippen molar-refractivity contribution in [2.75, 3.05) is 12.4 Å². The Kier molecular flexibility index (Phi) is 3.74. The van der Waals surface area contributed by atoms with Gasteiger partial charge in [-0.1, -0.05) is 0 Å². The Bertz CT molecular complexity index is 228. The highest BCUT2D eigenvalue weighted by molar-refractivity contribution is 8.14. The SMILES string of the molecule is CCOC(=O)[C@H]1CSC(C(C)N)=N1. The monoisotopic (exact) mass is 202 g/mol. The predicted molar refractivity (Wildman–Crippen MR) is 54.0 cm³/mol. The fourth-order valence-electron chi connectivity index (χ4n) is 1.00. The van der Waals surface area contributed by atoms with Gasteiger partial charge in [-0.2, -0.15) is 0 Å². The summed E-state index contributed by atoms with van der Waals surface area (Å²) in [7, 11) is 0. The van der Waals surface area contributed by atoms with Crippen LogP contribution in [0.1, 0.15) is 13.8 Å². The van der Waals surface area contributed by atoms with E-state index in [0.717, 1.165) is 5.04 Å². The molecule has 0 radical (unpaired) electrons. The first kappa shape index (κ1) is 10.5. The summed E-state index contributed by atoms with van der Waals surface area (Å²) in [5.41, 5.74) is 5.63. The molecule has 0 aliphatic carbocycles. The minimum absolute atomic E-state index is 0.0792. The molecule has 0 spiro atoms. The fourth-order valence-corrected chi connectivity index (χ4v) is 2.00. The number of aliphatic imine (C=N–C) groups is 1. The van der Waals surface area contributed by atoms with E-state index >= 15 is 0 Å². The van der Waals surface area contributed by atoms with E-state index in [1.165, 1.54) is 11.8 Å². The molecule has 1 unspecified atom stereocenters. The Morgan fingerprint density at radius 2 is 2.62 bits per heavy atom. The van der Waals surface area contributed by atoms with Crippen LogP contribution >= 0.6 is 11.8 Å². The molecule has 5 heteroatoms. The molecular formula is C8H14N2O2S. The van der Waals surface area contributed by atoms with E-state index < -0.39 is 0 Å². The largest absolute Gasteiger partial charge is 0.464 e. The van der Waals surface area contributed by atoms with Crippen molar-refractivity contribution in [2.45, 2.75) is 25.9 Å². The summed E-state index contributed by atoms with van der Waals surface area (Å²) >= 11 is 1.54. The average Bonchev–Trinajstić information content (AvgIpc) is 2.52. The van der Waals surface area contributed by atoms with Gasteiger partial charge in [0, 0.05) is 11.8 Å². The van der Waals surface area contributed by atoms with Gasteiger partial charge in [0.1, 0.15) is 0 Å². The summed E-state index contributed by atoms with van der Waals surface area (Å²) in [6, 6.07) is -0.421. The third kappa shape index (κ3) is 2.70. The van der Waals surface area contributed by atoms with Crippen molar-refractivity contribution < 1.29 is 9.53 Å². The number of nitrogens with zero attached hydrogens (tertiary/aromatic N) is 1. The van der Waals surface area contributed by atoms with Gasteiger partial charge in [-0.25, -0.2) is 4.79 Å². The van der Waals surface area contributed by atoms with E-state index in [1.54, 1.807) is 6.92 Å². The highest BCUT2D eigenvalue weighted by atomic mass is 32.2. The molecule has 0 saturated carbocycles. The number of hydrogen-bond donors (Lipinski definition) is 1. The van der Waals surface area contributed by atoms with E-state index in [2.05, 4.69) is 4.99 Å². The number of esters is 1. The van der Waals surface area contributed by atoms with Crippen LogP contribution in [0.3, 0.4) is 0 Å². The lowest BCUT2D eigenvalue weighted by atomic mass is 10.3. The number of hydrogen-bond acceptors (Lipinski definition) is 5. The van der Waals surface area contributed by atoms with Crippen LogP contribution in [0.4, 0.5) is 0 Å². The topological polar surface area (TPSA) is 64.7 Å². The Balaban J connectivity index is 2.52. The lowest BCUT2D eigenvalue weighted by molar-refractivity contribution is -0.143. The number of carbonyl (C=O) groups is 1. The number of thioether (sulfide) groups is 1. The van der Waals surface area contributed by atoms with Gasteiger partial charge >= 0.3 is 5.97 Å². The molecule has 74 valence electrons. The van der Waals surface area contributed by atoms with Gasteiger partial charge in [-0.05, 0) is 13.8 Å². The van der Waals surface area contributed by atoms with Crippen LogP contribution in [0.25, 0.3) is 0 Å². The van der Waals surface area contributed by atoms with Crippen molar-refractivity contribution in [1.29, 1.82) is 0 Å². The minimum Gasteiger partial charge on any atom is -0.464 e. The van der Waals surface area contributed by atoms with Crippen LogP contribution in [-0.4, -0.2) is 35.5 Å². The zero-order valence-electron chi connectivity index (χ0n) is 7.82. The smallest absolute Gasteiger partial charge is 0.331 e. The second kappa shape index (κ2) is 4.62. The molecule has 1 aliphatic rings. The van der Waals surface area contributed by atoms with Crippen molar-refractivity contribution in [1.82, 2.24) is 0 Å². The number of rotatable bonds is 3. The molecule has 1 rings (SSSR count). The molecule has 13 heavy (non-hydrogen) atoms. The molecule has 2 N–H and O–H groups in total. The number of carbonyl (C=O) groups excluding carboxylic acids is 1. The molecule has 0 aromatic heterocycles. The zero-order valence-corrected chi connectivity index (χ0v) is 8.63. The van der Waals surface area contributed by atoms with Crippen molar-refractivity contribution in [3.8, 4) is 0 Å². The van der Waals surface area contributed by atoms with Gasteiger partial charge in [-0.15, -0.1) is 11.8 Å². The third-order valence-electron chi connectivity index (χ3n) is 1.62. The van der Waals surface area contributed by atoms with Gasteiger partial charge < -0.3 is 10.5 Å². The maximum atomic E-state index is 11.2. The molecule has 2 atom stereocenters. The first-order valence-corrected chi connectivity index (χ1v) is 5.26. The molecule has 0 fully saturated rings. The first-order chi connectivity index (χ1) is 6.15. The minimum atomic E-state index is -0.342. The Hall–Kier alpha value is -0.550. The molecule has 0 amide bonds. The Morgan fingerprint density at radius 1 is 1.92 bits per heavy atom. The summed E-state index contributed by atoms with van der Waals surface area (Å²) in [6.07, 6.45) is 0. The van der Waals surface area contributed by atoms with E-state index in [1.807, 2.05) is 6.92 Å². The first-order valence-electron chi connectivity index (χ1n) is 4.27. The van der Waals surface area contributed by atoms with Crippen LogP contribution in [-0.2, 0) is 9.53 Å². The van der Waals surface area contributed by atoms with Crippen LogP contribution in [0.15, 0.2) is 4.99 Å². The van der Waals surface area contributed by atoms with Gasteiger partial charge in [0.2, 0.25) is 0 Å². The van der Waals surface area contributed by atoms with E-state index in [-0.39, 0.29) is 18.1 Å². The van der Waals surface area contributed by atoms with Gasteiger partial charge in [0.15, 0.2) is 6.04 Å². The van der Waals surface area contributed by atoms with Crippen LogP contribution in [0, 0.1) is 0 Å². The van der Waals surface area contributed by atoms with Crippen LogP contribution < -0.4 is 5.73 Å². The van der Waals surface area contributed by atoms with Gasteiger partial charge in [-0.3, -0.25) is 4.99 Å². The molecule has 0 aromatic rings. The van der Waals surface area contributed by atoms with Crippen molar-refractivity contribution >= 4 is 22.8 Å². The lowest BCUT2D eigenvalue weighted by Gasteiger charge is -2.04. The summed E-state index contributed by atoms with van der Waals surface area (Å²) < 4.78 is 4.85. The second-order valence-electron chi connectivity index (χ2n) is 2.83. The molecule has 0 aromatic carbocycles. The van der Waals surface area contributed by atoms with Crippen molar-refractivity contribution in [3.63, 3.8) is 0 Å². The van der Waals surface area contributed by atoms with E-state index in [4.69, 9.17) is 10.5 Å². The van der Waals surface area contributed by atoms with Crippen molar-refractivity contribution in [3.05, 3.63) is 0 Å². The van der Waals surface area contributed by atoms with E-state index in [0.29, 0.717) is 12.4 Å². The van der Waals surface area contributed by atoms with Crippen molar-refractivity contribution in [2.24, 2.45) is 10.7 Å². The molecule has 1 heterocycles. The molecular weight excluding hydrogens is 188 g/mol. The Labute approximate surface area is 81.9 Å². The standard InChI is InChI=1S/C8H14N2O2S/c1-3-12-8(11)6-4-13-7(10-6)5(2)9/h5-6H,3-4,9H2,1-2H3/t5?,6-/m1/s1. The third-order valence-corrected chi connectivity index (χ3v) is 2.88. The second-order valence-corrected chi connectivity index (χ2v) is 3.88. The normalized spacial score (nSPS) is 23.9. The van der Waals surface area contributed by atoms with Crippen LogP contribution in [0.5, 0.6) is 0 Å². The van der Waals surface area contributed by atoms with Gasteiger partial charge in [0.05, 0.1) is 11.7 Å². The summed E-state index contributed by atoms with van der Waals surface area (Å²) in [6.45, 7) is 4.05. The Morgan fingerprint density at radius 3 is 3.08 bits per heavy atom. The summed E-state index contributed by atoms with van der Waals surface area (Å²) in [5, 5.41) is 0.845. The quantitative estimate of drug-likeness (QED) is 0.673. The maximum Gasteiger partial charge on any atom is 0.331 e. The highest BCUT2D eigenvalue weighted by Crippen LogP contribution is 2.20. The molecule has 0 bridgehead atoms. The predicted octanol–water partition coefficient (Wildman–Crippen LogP) is 0.411. The maximum absolute atomic E-state index is 11.2. The van der Waals surface area contributed by atoms with E-state index in [9.17, 15) is 4.79 Å². The average molecular weight is 202 g/mol. The molecule has 0 saturated heterocycles. The van der Waals surface area contributed by atoms with Gasteiger partial charge in [0.25, 0.3) is 0 Å². The lowest BCUT2D eigenvalue weighted by Crippen LogP contribution is -2.24. The fraction of sp³-hybridized carbons (Fsp3) is 0.750. The molecule has 1 aliphatic heterocycles. The summed E-state index contributed by atoms with van der Waals surface area (Å²) in [4.78, 5) is 15.4. The summed E-state index contributed by atoms with van der Waals surface area (Å²) in [5.74, 6) is 0.418. The number of ether oxygens (including phenoxy) is 1. The highest BCUT2D eigenvalue weighted by Gasteiger charge is 2.27.